The molecule has 1 aliphatic heterocycles. The number of urea groups is 1. The topological polar surface area (TPSA) is 92.2 Å². The van der Waals surface area contributed by atoms with Crippen LogP contribution < -0.4 is 15.5 Å². The normalized spacial score (nSPS) is 14.0. The number of nitrogens with zero attached hydrogens (tertiary/aromatic N) is 4. The van der Waals surface area contributed by atoms with E-state index in [-0.39, 0.29) is 11.9 Å². The quantitative estimate of drug-likeness (QED) is 0.788. The van der Waals surface area contributed by atoms with Crippen LogP contribution in [0.1, 0.15) is 19.3 Å². The SMILES string of the molecule is O=C(NCCCn1ccnn1)Nc1ccc(N2CCCC2=O)cc1. The third-order valence-electron chi connectivity index (χ3n) is 3.83. The second kappa shape index (κ2) is 7.58. The van der Waals surface area contributed by atoms with Crippen molar-refractivity contribution in [3.8, 4) is 0 Å². The number of aryl methyl sites for hydroxylation is 1. The van der Waals surface area contributed by atoms with Gasteiger partial charge in [-0.05, 0) is 37.1 Å². The molecule has 2 N–H and O–H groups in total. The second-order valence-electron chi connectivity index (χ2n) is 5.60. The Morgan fingerprint density at radius 3 is 2.75 bits per heavy atom. The second-order valence-corrected chi connectivity index (χ2v) is 5.60. The van der Waals surface area contributed by atoms with Crippen LogP contribution in [-0.4, -0.2) is 40.0 Å². The van der Waals surface area contributed by atoms with E-state index < -0.39 is 0 Å². The lowest BCUT2D eigenvalue weighted by Crippen LogP contribution is -2.30. The first-order valence-corrected chi connectivity index (χ1v) is 8.02. The van der Waals surface area contributed by atoms with E-state index in [4.69, 9.17) is 0 Å². The first-order chi connectivity index (χ1) is 11.7. The molecule has 0 bridgehead atoms. The van der Waals surface area contributed by atoms with Gasteiger partial charge in [0.1, 0.15) is 0 Å². The number of amides is 3. The van der Waals surface area contributed by atoms with E-state index in [1.807, 2.05) is 12.1 Å². The Bertz CT molecular complexity index is 683. The third-order valence-corrected chi connectivity index (χ3v) is 3.83. The van der Waals surface area contributed by atoms with Gasteiger partial charge in [0.05, 0.1) is 6.20 Å². The minimum atomic E-state index is -0.251. The van der Waals surface area contributed by atoms with Gasteiger partial charge in [-0.15, -0.1) is 5.10 Å². The Hall–Kier alpha value is -2.90. The van der Waals surface area contributed by atoms with Crippen LogP contribution >= 0.6 is 0 Å². The largest absolute Gasteiger partial charge is 0.338 e. The van der Waals surface area contributed by atoms with Crippen LogP contribution in [0, 0.1) is 0 Å². The molecule has 24 heavy (non-hydrogen) atoms. The number of benzene rings is 1. The van der Waals surface area contributed by atoms with Crippen molar-refractivity contribution < 1.29 is 9.59 Å². The summed E-state index contributed by atoms with van der Waals surface area (Å²) in [6.45, 7) is 2.02. The highest BCUT2D eigenvalue weighted by Gasteiger charge is 2.21. The lowest BCUT2D eigenvalue weighted by atomic mass is 10.2. The molecular weight excluding hydrogens is 308 g/mol. The maximum atomic E-state index is 11.8. The van der Waals surface area contributed by atoms with Gasteiger partial charge in [-0.1, -0.05) is 5.21 Å². The van der Waals surface area contributed by atoms with Crippen molar-refractivity contribution in [2.75, 3.05) is 23.3 Å². The molecule has 0 spiro atoms. The minimum Gasteiger partial charge on any atom is -0.338 e. The van der Waals surface area contributed by atoms with E-state index in [9.17, 15) is 9.59 Å². The van der Waals surface area contributed by atoms with E-state index in [1.165, 1.54) is 0 Å². The summed E-state index contributed by atoms with van der Waals surface area (Å²) in [6.07, 6.45) is 5.69. The molecule has 126 valence electrons. The number of hydrogen-bond donors (Lipinski definition) is 2. The lowest BCUT2D eigenvalue weighted by molar-refractivity contribution is -0.117. The number of hydrogen-bond acceptors (Lipinski definition) is 4. The Kier molecular flexibility index (Phi) is 5.05. The highest BCUT2D eigenvalue weighted by atomic mass is 16.2. The fourth-order valence-electron chi connectivity index (χ4n) is 2.62. The van der Waals surface area contributed by atoms with Gasteiger partial charge in [0.15, 0.2) is 0 Å². The number of rotatable bonds is 6. The predicted molar refractivity (Wildman–Crippen MR) is 89.7 cm³/mol. The van der Waals surface area contributed by atoms with E-state index in [1.54, 1.807) is 34.1 Å². The van der Waals surface area contributed by atoms with Gasteiger partial charge in [-0.25, -0.2) is 4.79 Å². The molecule has 1 aromatic carbocycles. The zero-order valence-corrected chi connectivity index (χ0v) is 13.3. The fraction of sp³-hybridized carbons (Fsp3) is 0.375. The van der Waals surface area contributed by atoms with Crippen LogP contribution in [0.2, 0.25) is 0 Å². The van der Waals surface area contributed by atoms with E-state index in [0.717, 1.165) is 25.1 Å². The Balaban J connectivity index is 1.42. The smallest absolute Gasteiger partial charge is 0.319 e. The lowest BCUT2D eigenvalue weighted by Gasteiger charge is -2.16. The van der Waals surface area contributed by atoms with Crippen LogP contribution in [0.5, 0.6) is 0 Å². The maximum absolute atomic E-state index is 11.8. The molecule has 1 fully saturated rings. The molecule has 0 radical (unpaired) electrons. The van der Waals surface area contributed by atoms with Crippen molar-refractivity contribution >= 4 is 23.3 Å². The molecule has 2 aromatic rings. The highest BCUT2D eigenvalue weighted by molar-refractivity contribution is 5.96. The number of aromatic nitrogens is 3. The van der Waals surface area contributed by atoms with Crippen molar-refractivity contribution in [1.29, 1.82) is 0 Å². The third kappa shape index (κ3) is 4.09. The molecule has 0 aliphatic carbocycles. The predicted octanol–water partition coefficient (Wildman–Crippen LogP) is 1.62. The number of anilines is 2. The number of carbonyl (C=O) groups is 2. The first kappa shape index (κ1) is 16.0. The molecule has 1 saturated heterocycles. The molecule has 1 aromatic heterocycles. The summed E-state index contributed by atoms with van der Waals surface area (Å²) < 4.78 is 1.72. The molecule has 0 unspecified atom stereocenters. The van der Waals surface area contributed by atoms with Gasteiger partial charge in [-0.2, -0.15) is 0 Å². The van der Waals surface area contributed by atoms with Gasteiger partial charge in [0.2, 0.25) is 5.91 Å². The molecule has 2 heterocycles. The molecular formula is C16H20N6O2. The van der Waals surface area contributed by atoms with Crippen molar-refractivity contribution in [3.05, 3.63) is 36.7 Å². The molecule has 3 rings (SSSR count). The molecule has 1 aliphatic rings. The van der Waals surface area contributed by atoms with Crippen molar-refractivity contribution in [1.82, 2.24) is 20.3 Å². The maximum Gasteiger partial charge on any atom is 0.319 e. The van der Waals surface area contributed by atoms with E-state index >= 15 is 0 Å². The van der Waals surface area contributed by atoms with Gasteiger partial charge < -0.3 is 15.5 Å². The standard InChI is InChI=1S/C16H20N6O2/c23-15-3-1-11-22(15)14-6-4-13(5-7-14)19-16(24)17-8-2-10-21-12-9-18-20-21/h4-7,9,12H,1-3,8,10-11H2,(H2,17,19,24). The van der Waals surface area contributed by atoms with Gasteiger partial charge >= 0.3 is 6.03 Å². The van der Waals surface area contributed by atoms with Crippen LogP contribution in [0.3, 0.4) is 0 Å². The molecule has 3 amide bonds. The molecule has 8 nitrogen and oxygen atoms in total. The zero-order valence-electron chi connectivity index (χ0n) is 13.3. The van der Waals surface area contributed by atoms with Crippen LogP contribution in [0.25, 0.3) is 0 Å². The van der Waals surface area contributed by atoms with Gasteiger partial charge in [0.25, 0.3) is 0 Å². The minimum absolute atomic E-state index is 0.154. The van der Waals surface area contributed by atoms with Crippen LogP contribution in [0.4, 0.5) is 16.2 Å². The highest BCUT2D eigenvalue weighted by Crippen LogP contribution is 2.22. The van der Waals surface area contributed by atoms with Crippen LogP contribution in [0.15, 0.2) is 36.7 Å². The van der Waals surface area contributed by atoms with Gasteiger partial charge in [0, 0.05) is 43.6 Å². The molecule has 0 atom stereocenters. The molecule has 8 heteroatoms. The monoisotopic (exact) mass is 328 g/mol. The van der Waals surface area contributed by atoms with Gasteiger partial charge in [-0.3, -0.25) is 9.48 Å². The average molecular weight is 328 g/mol. The summed E-state index contributed by atoms with van der Waals surface area (Å²) in [5.74, 6) is 0.154. The summed E-state index contributed by atoms with van der Waals surface area (Å²) in [4.78, 5) is 25.3. The Morgan fingerprint density at radius 1 is 1.25 bits per heavy atom. The van der Waals surface area contributed by atoms with Crippen molar-refractivity contribution in [3.63, 3.8) is 0 Å². The summed E-state index contributed by atoms with van der Waals surface area (Å²) in [6, 6.07) is 7.05. The Labute approximate surface area is 139 Å². The summed E-state index contributed by atoms with van der Waals surface area (Å²) in [7, 11) is 0. The number of nitrogens with one attached hydrogen (secondary N) is 2. The summed E-state index contributed by atoms with van der Waals surface area (Å²) >= 11 is 0. The van der Waals surface area contributed by atoms with E-state index in [2.05, 4.69) is 20.9 Å². The summed E-state index contributed by atoms with van der Waals surface area (Å²) in [5, 5.41) is 13.1. The summed E-state index contributed by atoms with van der Waals surface area (Å²) in [5.41, 5.74) is 1.57. The van der Waals surface area contributed by atoms with E-state index in [0.29, 0.717) is 25.2 Å². The van der Waals surface area contributed by atoms with Crippen molar-refractivity contribution in [2.24, 2.45) is 0 Å². The van der Waals surface area contributed by atoms with Crippen LogP contribution in [-0.2, 0) is 11.3 Å². The first-order valence-electron chi connectivity index (χ1n) is 8.02. The fourth-order valence-corrected chi connectivity index (χ4v) is 2.62. The molecule has 0 saturated carbocycles. The van der Waals surface area contributed by atoms with Crippen molar-refractivity contribution in [2.45, 2.75) is 25.8 Å². The Morgan fingerprint density at radius 2 is 2.08 bits per heavy atom. The number of carbonyl (C=O) groups excluding carboxylic acids is 2. The zero-order chi connectivity index (χ0) is 16.8. The average Bonchev–Trinajstić information content (AvgIpc) is 3.24.